The minimum atomic E-state index is -5.00. The highest BCUT2D eigenvalue weighted by Crippen LogP contribution is 2.42. The third kappa shape index (κ3) is 5.59. The van der Waals surface area contributed by atoms with E-state index < -0.39 is 51.0 Å². The number of aliphatic hydroxyl groups is 1. The highest BCUT2D eigenvalue weighted by molar-refractivity contribution is 7.92. The number of pyridine rings is 1. The van der Waals surface area contributed by atoms with Crippen LogP contribution in [0.2, 0.25) is 0 Å². The highest BCUT2D eigenvalue weighted by atomic mass is 32.2. The maximum Gasteiger partial charge on any atom is 0.573 e. The number of nitrogens with one attached hydrogen (secondary N) is 2. The van der Waals surface area contributed by atoms with Gasteiger partial charge in [-0.3, -0.25) is 9.40 Å². The second kappa shape index (κ2) is 9.90. The molecule has 9 nitrogen and oxygen atoms in total. The van der Waals surface area contributed by atoms with E-state index in [0.29, 0.717) is 11.8 Å². The molecule has 5 rings (SSSR count). The van der Waals surface area contributed by atoms with Crippen molar-refractivity contribution in [3.63, 3.8) is 0 Å². The molecule has 2 aromatic carbocycles. The fourth-order valence-corrected chi connectivity index (χ4v) is 5.82. The Bertz CT molecular complexity index is 1750. The van der Waals surface area contributed by atoms with Crippen LogP contribution in [-0.4, -0.2) is 35.1 Å². The van der Waals surface area contributed by atoms with E-state index >= 15 is 0 Å². The zero-order valence-electron chi connectivity index (χ0n) is 21.7. The lowest BCUT2D eigenvalue weighted by molar-refractivity contribution is -0.274. The Hall–Kier alpha value is -4.31. The minimum Gasteiger partial charge on any atom is -0.406 e. The van der Waals surface area contributed by atoms with Gasteiger partial charge in [-0.2, -0.15) is 18.3 Å². The van der Waals surface area contributed by atoms with Gasteiger partial charge in [-0.15, -0.1) is 13.2 Å². The lowest BCUT2D eigenvalue weighted by Crippen LogP contribution is -2.31. The number of alkyl halides is 6. The van der Waals surface area contributed by atoms with Gasteiger partial charge in [-0.1, -0.05) is 12.1 Å². The van der Waals surface area contributed by atoms with Crippen LogP contribution in [0.25, 0.3) is 0 Å². The van der Waals surface area contributed by atoms with Crippen molar-refractivity contribution in [3.05, 3.63) is 88.9 Å². The second-order valence-corrected chi connectivity index (χ2v) is 11.5. The molecule has 42 heavy (non-hydrogen) atoms. The summed E-state index contributed by atoms with van der Waals surface area (Å²) in [4.78, 5) is 3.23. The fourth-order valence-electron chi connectivity index (χ4n) is 4.37. The zero-order valence-corrected chi connectivity index (χ0v) is 22.5. The van der Waals surface area contributed by atoms with E-state index in [1.807, 2.05) is 0 Å². The van der Waals surface area contributed by atoms with Gasteiger partial charge < -0.3 is 15.2 Å². The predicted molar refractivity (Wildman–Crippen MR) is 137 cm³/mol. The first-order valence-electron chi connectivity index (χ1n) is 12.1. The first-order valence-corrected chi connectivity index (χ1v) is 13.5. The average molecular weight is 614 g/mol. The summed E-state index contributed by atoms with van der Waals surface area (Å²) in [5.41, 5.74) is -1.83. The number of aryl methyl sites for hydroxylation is 1. The van der Waals surface area contributed by atoms with Gasteiger partial charge in [0.05, 0.1) is 28.5 Å². The van der Waals surface area contributed by atoms with E-state index in [4.69, 9.17) is 0 Å². The molecule has 0 saturated carbocycles. The zero-order chi connectivity index (χ0) is 30.7. The second-order valence-electron chi connectivity index (χ2n) is 9.60. The molecule has 1 unspecified atom stereocenters. The Morgan fingerprint density at radius 2 is 1.64 bits per heavy atom. The minimum absolute atomic E-state index is 0.0407. The molecule has 0 amide bonds. The summed E-state index contributed by atoms with van der Waals surface area (Å²) in [6, 6.07) is 11.0. The number of benzene rings is 2. The number of aromatic amines is 1. The SMILES string of the molecule is Cc1cc(C(C)(O)c2ccc3c(c2)N(S(=O)(=O)c2ccc(OC(F)(F)F)cc2)Cc2ccc(C(F)(F)F)nc2N3)n[nH]1. The Morgan fingerprint density at radius 1 is 0.952 bits per heavy atom. The van der Waals surface area contributed by atoms with E-state index in [-0.39, 0.29) is 34.0 Å². The van der Waals surface area contributed by atoms with Gasteiger partial charge in [0, 0.05) is 11.3 Å². The summed E-state index contributed by atoms with van der Waals surface area (Å²) in [6.07, 6.45) is -9.77. The Morgan fingerprint density at radius 3 is 2.24 bits per heavy atom. The summed E-state index contributed by atoms with van der Waals surface area (Å²) in [7, 11) is -4.56. The molecule has 16 heteroatoms. The van der Waals surface area contributed by atoms with Crippen molar-refractivity contribution in [2.45, 2.75) is 43.4 Å². The van der Waals surface area contributed by atoms with Gasteiger partial charge in [0.1, 0.15) is 22.9 Å². The molecule has 1 aliphatic heterocycles. The molecule has 1 aliphatic rings. The van der Waals surface area contributed by atoms with Crippen LogP contribution in [-0.2, 0) is 28.3 Å². The third-order valence-electron chi connectivity index (χ3n) is 6.51. The van der Waals surface area contributed by atoms with E-state index in [2.05, 4.69) is 25.2 Å². The van der Waals surface area contributed by atoms with Gasteiger partial charge >= 0.3 is 12.5 Å². The number of hydrogen-bond acceptors (Lipinski definition) is 7. The Balaban J connectivity index is 1.65. The molecule has 0 spiro atoms. The Labute approximate surface area is 234 Å². The van der Waals surface area contributed by atoms with Crippen molar-refractivity contribution >= 4 is 27.2 Å². The molecule has 4 aromatic rings. The quantitative estimate of drug-likeness (QED) is 0.246. The van der Waals surface area contributed by atoms with Gasteiger partial charge in [0.15, 0.2) is 0 Å². The number of sulfonamides is 1. The van der Waals surface area contributed by atoms with Gasteiger partial charge in [0.2, 0.25) is 0 Å². The summed E-state index contributed by atoms with van der Waals surface area (Å²) in [5, 5.41) is 20.9. The number of hydrogen-bond donors (Lipinski definition) is 3. The van der Waals surface area contributed by atoms with Gasteiger partial charge in [-0.25, -0.2) is 13.4 Å². The van der Waals surface area contributed by atoms with E-state index in [0.717, 1.165) is 34.6 Å². The molecule has 0 bridgehead atoms. The molecule has 1 atom stereocenters. The number of fused-ring (bicyclic) bond motifs is 2. The Kier molecular flexibility index (Phi) is 6.88. The van der Waals surface area contributed by atoms with Crippen LogP contribution in [0.1, 0.15) is 35.1 Å². The summed E-state index contributed by atoms with van der Waals surface area (Å²) < 4.78 is 111. The van der Waals surface area contributed by atoms with Crippen LogP contribution in [0.4, 0.5) is 43.5 Å². The van der Waals surface area contributed by atoms with Gasteiger partial charge in [-0.05, 0) is 67.9 Å². The summed E-state index contributed by atoms with van der Waals surface area (Å²) in [5.74, 6) is -0.902. The number of aromatic nitrogens is 3. The molecule has 0 fully saturated rings. The molecular weight excluding hydrogens is 592 g/mol. The van der Waals surface area contributed by atoms with Gasteiger partial charge in [0.25, 0.3) is 10.0 Å². The molecule has 3 N–H and O–H groups in total. The van der Waals surface area contributed by atoms with Crippen molar-refractivity contribution in [2.24, 2.45) is 0 Å². The van der Waals surface area contributed by atoms with Crippen LogP contribution in [0.5, 0.6) is 5.75 Å². The van der Waals surface area contributed by atoms with E-state index in [9.17, 15) is 39.9 Å². The third-order valence-corrected chi connectivity index (χ3v) is 8.29. The van der Waals surface area contributed by atoms with Crippen LogP contribution in [0, 0.1) is 6.92 Å². The number of ether oxygens (including phenoxy) is 1. The maximum absolute atomic E-state index is 13.9. The van der Waals surface area contributed by atoms with Crippen LogP contribution < -0.4 is 14.4 Å². The van der Waals surface area contributed by atoms with Crippen molar-refractivity contribution in [1.82, 2.24) is 15.2 Å². The normalized spacial score (nSPS) is 15.2. The smallest absolute Gasteiger partial charge is 0.406 e. The lowest BCUT2D eigenvalue weighted by Gasteiger charge is -2.28. The number of halogens is 6. The number of nitrogens with zero attached hydrogens (tertiary/aromatic N) is 3. The summed E-state index contributed by atoms with van der Waals surface area (Å²) >= 11 is 0. The number of anilines is 3. The van der Waals surface area contributed by atoms with Crippen LogP contribution >= 0.6 is 0 Å². The summed E-state index contributed by atoms with van der Waals surface area (Å²) in [6.45, 7) is 2.64. The topological polar surface area (TPSA) is 120 Å². The van der Waals surface area contributed by atoms with Crippen LogP contribution in [0.3, 0.4) is 0 Å². The molecule has 222 valence electrons. The predicted octanol–water partition coefficient (Wildman–Crippen LogP) is 5.74. The lowest BCUT2D eigenvalue weighted by atomic mass is 9.91. The van der Waals surface area contributed by atoms with Crippen LogP contribution in [0.15, 0.2) is 65.6 Å². The number of rotatable bonds is 5. The fraction of sp³-hybridized carbons (Fsp3) is 0.231. The van der Waals surface area contributed by atoms with Crippen molar-refractivity contribution in [3.8, 4) is 5.75 Å². The molecule has 0 saturated heterocycles. The first kappa shape index (κ1) is 29.2. The maximum atomic E-state index is 13.9. The average Bonchev–Trinajstić information content (AvgIpc) is 3.26. The molecule has 3 heterocycles. The molecular formula is C26H21F6N5O4S. The largest absolute Gasteiger partial charge is 0.573 e. The molecule has 0 radical (unpaired) electrons. The van der Waals surface area contributed by atoms with Crippen molar-refractivity contribution in [1.29, 1.82) is 0 Å². The van der Waals surface area contributed by atoms with E-state index in [1.54, 1.807) is 13.0 Å². The first-order chi connectivity index (χ1) is 19.4. The van der Waals surface area contributed by atoms with E-state index in [1.165, 1.54) is 25.1 Å². The van der Waals surface area contributed by atoms with Crippen molar-refractivity contribution in [2.75, 3.05) is 9.62 Å². The highest BCUT2D eigenvalue weighted by Gasteiger charge is 2.37. The standard InChI is InChI=1S/C26H21F6N5O4S/c1-14-11-22(36-35-14)24(2,38)16-4-9-19-20(12-16)37(13-15-3-10-21(25(27,28)29)34-23(15)33-19)42(39,40)18-7-5-17(6-8-18)41-26(30,31)32/h3-12,38H,13H2,1-2H3,(H,33,34)(H,35,36). The number of H-pyrrole nitrogens is 1. The molecule has 2 aromatic heterocycles. The molecule has 0 aliphatic carbocycles. The monoisotopic (exact) mass is 613 g/mol. The van der Waals surface area contributed by atoms with Crippen molar-refractivity contribution < 1.29 is 44.6 Å².